The van der Waals surface area contributed by atoms with Crippen molar-refractivity contribution < 1.29 is 4.39 Å². The molecule has 1 heterocycles. The first-order valence-corrected chi connectivity index (χ1v) is 7.41. The maximum Gasteiger partial charge on any atom is 0.254 e. The topological polar surface area (TPSA) is 34.9 Å². The highest BCUT2D eigenvalue weighted by molar-refractivity contribution is 7.98. The molecule has 0 N–H and O–H groups in total. The highest BCUT2D eigenvalue weighted by Crippen LogP contribution is 2.21. The van der Waals surface area contributed by atoms with E-state index in [2.05, 4.69) is 4.98 Å². The van der Waals surface area contributed by atoms with E-state index in [0.29, 0.717) is 10.9 Å². The van der Waals surface area contributed by atoms with Crippen molar-refractivity contribution in [1.82, 2.24) is 9.55 Å². The fourth-order valence-corrected chi connectivity index (χ4v) is 2.66. The van der Waals surface area contributed by atoms with Crippen molar-refractivity contribution in [3.05, 3.63) is 57.8 Å². The molecule has 0 amide bonds. The molecule has 0 bridgehead atoms. The van der Waals surface area contributed by atoms with Crippen LogP contribution in [0.5, 0.6) is 0 Å². The average Bonchev–Trinajstić information content (AvgIpc) is 2.40. The van der Waals surface area contributed by atoms with Crippen molar-refractivity contribution in [2.45, 2.75) is 30.7 Å². The van der Waals surface area contributed by atoms with Crippen LogP contribution in [-0.4, -0.2) is 9.55 Å². The summed E-state index contributed by atoms with van der Waals surface area (Å²) in [6.07, 6.45) is 0. The highest BCUT2D eigenvalue weighted by atomic mass is 32.2. The molecule has 0 fully saturated rings. The number of benzene rings is 1. The van der Waals surface area contributed by atoms with E-state index in [1.54, 1.807) is 19.2 Å². The van der Waals surface area contributed by atoms with Gasteiger partial charge in [-0.2, -0.15) is 0 Å². The van der Waals surface area contributed by atoms with Crippen LogP contribution in [0.2, 0.25) is 0 Å². The lowest BCUT2D eigenvalue weighted by Gasteiger charge is -2.10. The van der Waals surface area contributed by atoms with Gasteiger partial charge in [0.2, 0.25) is 0 Å². The standard InChI is InChI=1S/C15H17FN2OS/c1-10(2)13-8-14(19)18(3)15(17-13)20-9-11-5-4-6-12(16)7-11/h4-8,10H,9H2,1-3H3. The van der Waals surface area contributed by atoms with Crippen LogP contribution in [0.15, 0.2) is 40.3 Å². The molecule has 0 aliphatic heterocycles. The molecule has 0 aliphatic rings. The first-order chi connectivity index (χ1) is 9.47. The van der Waals surface area contributed by atoms with E-state index in [1.165, 1.54) is 28.5 Å². The summed E-state index contributed by atoms with van der Waals surface area (Å²) in [6.45, 7) is 4.01. The molecule has 0 radical (unpaired) electrons. The quantitative estimate of drug-likeness (QED) is 0.640. The normalized spacial score (nSPS) is 11.1. The lowest BCUT2D eigenvalue weighted by atomic mass is 10.1. The summed E-state index contributed by atoms with van der Waals surface area (Å²) in [5, 5.41) is 0.658. The molecular formula is C15H17FN2OS. The van der Waals surface area contributed by atoms with Gasteiger partial charge in [-0.25, -0.2) is 9.37 Å². The van der Waals surface area contributed by atoms with Gasteiger partial charge in [-0.05, 0) is 23.6 Å². The minimum atomic E-state index is -0.249. The van der Waals surface area contributed by atoms with E-state index in [4.69, 9.17) is 0 Å². The number of thioether (sulfide) groups is 1. The van der Waals surface area contributed by atoms with Crippen LogP contribution in [-0.2, 0) is 12.8 Å². The Morgan fingerprint density at radius 3 is 2.75 bits per heavy atom. The van der Waals surface area contributed by atoms with Crippen LogP contribution >= 0.6 is 11.8 Å². The van der Waals surface area contributed by atoms with E-state index in [1.807, 2.05) is 19.9 Å². The summed E-state index contributed by atoms with van der Waals surface area (Å²) in [5.41, 5.74) is 1.60. The first-order valence-electron chi connectivity index (χ1n) is 6.42. The van der Waals surface area contributed by atoms with Crippen molar-refractivity contribution in [2.24, 2.45) is 7.05 Å². The molecule has 3 nitrogen and oxygen atoms in total. The zero-order valence-electron chi connectivity index (χ0n) is 11.8. The summed E-state index contributed by atoms with van der Waals surface area (Å²) >= 11 is 1.44. The van der Waals surface area contributed by atoms with E-state index < -0.39 is 0 Å². The third-order valence-electron chi connectivity index (χ3n) is 2.96. The van der Waals surface area contributed by atoms with Gasteiger partial charge in [0.15, 0.2) is 5.16 Å². The fourth-order valence-electron chi connectivity index (χ4n) is 1.73. The lowest BCUT2D eigenvalue weighted by Crippen LogP contribution is -2.20. The van der Waals surface area contributed by atoms with Gasteiger partial charge < -0.3 is 0 Å². The van der Waals surface area contributed by atoms with Crippen LogP contribution in [0.4, 0.5) is 4.39 Å². The average molecular weight is 292 g/mol. The maximum absolute atomic E-state index is 13.1. The van der Waals surface area contributed by atoms with Gasteiger partial charge in [-0.1, -0.05) is 37.7 Å². The lowest BCUT2D eigenvalue weighted by molar-refractivity contribution is 0.626. The Morgan fingerprint density at radius 1 is 1.35 bits per heavy atom. The molecule has 0 unspecified atom stereocenters. The number of aromatic nitrogens is 2. The fraction of sp³-hybridized carbons (Fsp3) is 0.333. The second-order valence-electron chi connectivity index (χ2n) is 4.93. The summed E-state index contributed by atoms with van der Waals surface area (Å²) in [4.78, 5) is 16.4. The second-order valence-corrected chi connectivity index (χ2v) is 5.88. The maximum atomic E-state index is 13.1. The van der Waals surface area contributed by atoms with Crippen LogP contribution in [0.3, 0.4) is 0 Å². The van der Waals surface area contributed by atoms with E-state index in [9.17, 15) is 9.18 Å². The SMILES string of the molecule is CC(C)c1cc(=O)n(C)c(SCc2cccc(F)c2)n1. The molecule has 1 aromatic heterocycles. The van der Waals surface area contributed by atoms with Crippen molar-refractivity contribution in [3.8, 4) is 0 Å². The molecule has 0 spiro atoms. The molecule has 0 saturated carbocycles. The smallest absolute Gasteiger partial charge is 0.254 e. The Balaban J connectivity index is 2.23. The van der Waals surface area contributed by atoms with Crippen molar-refractivity contribution in [1.29, 1.82) is 0 Å². The molecule has 0 saturated heterocycles. The number of halogens is 1. The number of rotatable bonds is 4. The van der Waals surface area contributed by atoms with Crippen LogP contribution in [0.25, 0.3) is 0 Å². The Kier molecular flexibility index (Phi) is 4.60. The number of hydrogen-bond donors (Lipinski definition) is 0. The predicted octanol–water partition coefficient (Wildman–Crippen LogP) is 3.34. The summed E-state index contributed by atoms with van der Waals surface area (Å²) in [5.74, 6) is 0.540. The predicted molar refractivity (Wildman–Crippen MR) is 79.5 cm³/mol. The Bertz CT molecular complexity index is 667. The van der Waals surface area contributed by atoms with E-state index >= 15 is 0 Å². The second kappa shape index (κ2) is 6.22. The molecule has 0 aliphatic carbocycles. The van der Waals surface area contributed by atoms with Crippen LogP contribution < -0.4 is 5.56 Å². The van der Waals surface area contributed by atoms with Gasteiger partial charge in [0, 0.05) is 18.9 Å². The van der Waals surface area contributed by atoms with Crippen LogP contribution in [0, 0.1) is 5.82 Å². The number of nitrogens with zero attached hydrogens (tertiary/aromatic N) is 2. The number of hydrogen-bond acceptors (Lipinski definition) is 3. The van der Waals surface area contributed by atoms with Crippen molar-refractivity contribution in [3.63, 3.8) is 0 Å². The van der Waals surface area contributed by atoms with Crippen molar-refractivity contribution in [2.75, 3.05) is 0 Å². The molecular weight excluding hydrogens is 275 g/mol. The first kappa shape index (κ1) is 14.8. The third-order valence-corrected chi connectivity index (χ3v) is 4.06. The van der Waals surface area contributed by atoms with Gasteiger partial charge in [0.05, 0.1) is 5.69 Å². The van der Waals surface area contributed by atoms with Gasteiger partial charge >= 0.3 is 0 Å². The van der Waals surface area contributed by atoms with Crippen LogP contribution in [0.1, 0.15) is 31.0 Å². The zero-order chi connectivity index (χ0) is 14.7. The molecule has 1 aromatic carbocycles. The summed E-state index contributed by atoms with van der Waals surface area (Å²) < 4.78 is 14.6. The monoisotopic (exact) mass is 292 g/mol. The minimum absolute atomic E-state index is 0.0644. The molecule has 106 valence electrons. The van der Waals surface area contributed by atoms with Gasteiger partial charge in [0.25, 0.3) is 5.56 Å². The summed E-state index contributed by atoms with van der Waals surface area (Å²) in [6, 6.07) is 8.03. The van der Waals surface area contributed by atoms with Gasteiger partial charge in [-0.15, -0.1) is 0 Å². The van der Waals surface area contributed by atoms with Crippen molar-refractivity contribution >= 4 is 11.8 Å². The Labute approximate surface area is 121 Å². The van der Waals surface area contributed by atoms with Gasteiger partial charge in [0.1, 0.15) is 5.82 Å². The highest BCUT2D eigenvalue weighted by Gasteiger charge is 2.09. The zero-order valence-corrected chi connectivity index (χ0v) is 12.6. The summed E-state index contributed by atoms with van der Waals surface area (Å²) in [7, 11) is 1.70. The molecule has 5 heteroatoms. The molecule has 0 atom stereocenters. The minimum Gasteiger partial charge on any atom is -0.291 e. The molecule has 20 heavy (non-hydrogen) atoms. The van der Waals surface area contributed by atoms with E-state index in [0.717, 1.165) is 11.3 Å². The Hall–Kier alpha value is -1.62. The Morgan fingerprint density at radius 2 is 2.10 bits per heavy atom. The molecule has 2 aromatic rings. The molecule has 2 rings (SSSR count). The third kappa shape index (κ3) is 3.48. The van der Waals surface area contributed by atoms with Gasteiger partial charge in [-0.3, -0.25) is 9.36 Å². The van der Waals surface area contributed by atoms with E-state index in [-0.39, 0.29) is 17.3 Å². The largest absolute Gasteiger partial charge is 0.291 e.